The summed E-state index contributed by atoms with van der Waals surface area (Å²) in [7, 11) is 0. The number of fused-ring (bicyclic) bond motifs is 2. The molecule has 108 valence electrons. The number of nitrogens with one attached hydrogen (secondary N) is 1. The predicted molar refractivity (Wildman–Crippen MR) is 92.6 cm³/mol. The highest BCUT2D eigenvalue weighted by Gasteiger charge is 2.28. The maximum Gasteiger partial charge on any atom is 0.194 e. The van der Waals surface area contributed by atoms with Crippen LogP contribution in [0.5, 0.6) is 0 Å². The second-order valence-electron chi connectivity index (χ2n) is 5.84. The van der Waals surface area contributed by atoms with Gasteiger partial charge in [-0.15, -0.1) is 0 Å². The summed E-state index contributed by atoms with van der Waals surface area (Å²) in [5.74, 6) is 0.109. The lowest BCUT2D eigenvalue weighted by Crippen LogP contribution is -2.08. The summed E-state index contributed by atoms with van der Waals surface area (Å²) < 4.78 is 0. The van der Waals surface area contributed by atoms with Gasteiger partial charge in [0.25, 0.3) is 0 Å². The van der Waals surface area contributed by atoms with Crippen molar-refractivity contribution >= 4 is 16.7 Å². The van der Waals surface area contributed by atoms with E-state index in [2.05, 4.69) is 17.1 Å². The molecule has 0 bridgehead atoms. The first-order chi connectivity index (χ1) is 11.3. The molecule has 0 radical (unpaired) electrons. The van der Waals surface area contributed by atoms with Crippen LogP contribution in [-0.4, -0.2) is 10.8 Å². The van der Waals surface area contributed by atoms with Crippen molar-refractivity contribution in [1.29, 1.82) is 0 Å². The van der Waals surface area contributed by atoms with Gasteiger partial charge in [-0.1, -0.05) is 66.7 Å². The molecule has 0 spiro atoms. The summed E-state index contributed by atoms with van der Waals surface area (Å²) in [6, 6.07) is 24.1. The van der Waals surface area contributed by atoms with Crippen LogP contribution in [0.4, 0.5) is 0 Å². The molecule has 2 nitrogen and oxygen atoms in total. The quantitative estimate of drug-likeness (QED) is 0.461. The maximum absolute atomic E-state index is 12.8. The summed E-state index contributed by atoms with van der Waals surface area (Å²) in [6.45, 7) is 0. The Morgan fingerprint density at radius 2 is 1.35 bits per heavy atom. The van der Waals surface area contributed by atoms with Gasteiger partial charge >= 0.3 is 0 Å². The summed E-state index contributed by atoms with van der Waals surface area (Å²) in [5, 5.41) is 1.04. The van der Waals surface area contributed by atoms with Gasteiger partial charge in [-0.25, -0.2) is 0 Å². The summed E-state index contributed by atoms with van der Waals surface area (Å²) in [4.78, 5) is 16.3. The molecule has 0 saturated heterocycles. The van der Waals surface area contributed by atoms with Crippen LogP contribution in [0.1, 0.15) is 15.9 Å². The van der Waals surface area contributed by atoms with E-state index in [1.807, 2.05) is 60.7 Å². The lowest BCUT2D eigenvalue weighted by atomic mass is 9.84. The number of hydrogen-bond acceptors (Lipinski definition) is 1. The fourth-order valence-electron chi connectivity index (χ4n) is 3.57. The summed E-state index contributed by atoms with van der Waals surface area (Å²) >= 11 is 0. The minimum Gasteiger partial charge on any atom is -0.354 e. The van der Waals surface area contributed by atoms with E-state index in [1.165, 1.54) is 0 Å². The number of rotatable bonds is 1. The molecular weight excluding hydrogens is 282 g/mol. The third-order valence-corrected chi connectivity index (χ3v) is 4.57. The fraction of sp³-hybridized carbons (Fsp3) is 0. The highest BCUT2D eigenvalue weighted by atomic mass is 16.1. The lowest BCUT2D eigenvalue weighted by Gasteiger charge is -2.17. The monoisotopic (exact) mass is 295 g/mol. The second-order valence-corrected chi connectivity index (χ2v) is 5.84. The number of H-pyrrole nitrogens is 1. The van der Waals surface area contributed by atoms with Crippen molar-refractivity contribution in [2.75, 3.05) is 0 Å². The summed E-state index contributed by atoms with van der Waals surface area (Å²) in [5.41, 5.74) is 6.94. The Bertz CT molecular complexity index is 1070. The molecule has 2 heteroatoms. The van der Waals surface area contributed by atoms with Crippen molar-refractivity contribution in [3.8, 4) is 22.4 Å². The Balaban J connectivity index is 1.98. The molecule has 0 saturated carbocycles. The lowest BCUT2D eigenvalue weighted by molar-refractivity contribution is 0.104. The molecule has 5 rings (SSSR count). The van der Waals surface area contributed by atoms with E-state index in [0.717, 1.165) is 44.4 Å². The Morgan fingerprint density at radius 3 is 2.17 bits per heavy atom. The third kappa shape index (κ3) is 1.60. The molecule has 0 aliphatic heterocycles. The van der Waals surface area contributed by atoms with Crippen LogP contribution in [0.15, 0.2) is 72.8 Å². The number of carbonyl (C=O) groups excluding carboxylic acids is 1. The highest BCUT2D eigenvalue weighted by molar-refractivity contribution is 6.27. The van der Waals surface area contributed by atoms with Gasteiger partial charge in [0, 0.05) is 27.6 Å². The van der Waals surface area contributed by atoms with E-state index in [0.29, 0.717) is 0 Å². The molecule has 4 aromatic rings. The number of aromatic amines is 1. The van der Waals surface area contributed by atoms with Gasteiger partial charge in [0.05, 0.1) is 5.69 Å². The van der Waals surface area contributed by atoms with E-state index in [-0.39, 0.29) is 5.78 Å². The fourth-order valence-corrected chi connectivity index (χ4v) is 3.57. The number of aromatic nitrogens is 1. The van der Waals surface area contributed by atoms with Crippen molar-refractivity contribution in [3.05, 3.63) is 83.9 Å². The Morgan fingerprint density at radius 1 is 0.652 bits per heavy atom. The van der Waals surface area contributed by atoms with Crippen LogP contribution in [-0.2, 0) is 0 Å². The molecule has 0 unspecified atom stereocenters. The highest BCUT2D eigenvalue weighted by Crippen LogP contribution is 2.44. The van der Waals surface area contributed by atoms with Gasteiger partial charge in [0.2, 0.25) is 0 Å². The van der Waals surface area contributed by atoms with Gasteiger partial charge in [-0.3, -0.25) is 4.79 Å². The first kappa shape index (κ1) is 12.4. The number of hydrogen-bond donors (Lipinski definition) is 1. The number of carbonyl (C=O) groups is 1. The van der Waals surface area contributed by atoms with Crippen molar-refractivity contribution in [2.45, 2.75) is 0 Å². The predicted octanol–water partition coefficient (Wildman–Crippen LogP) is 5.05. The normalized spacial score (nSPS) is 12.4. The van der Waals surface area contributed by atoms with E-state index >= 15 is 0 Å². The van der Waals surface area contributed by atoms with Crippen LogP contribution in [0.25, 0.3) is 33.3 Å². The van der Waals surface area contributed by atoms with Crippen LogP contribution in [0, 0.1) is 0 Å². The zero-order chi connectivity index (χ0) is 15.4. The molecule has 1 aliphatic carbocycles. The Kier molecular flexibility index (Phi) is 2.39. The zero-order valence-electron chi connectivity index (χ0n) is 12.3. The van der Waals surface area contributed by atoms with Crippen molar-refractivity contribution in [1.82, 2.24) is 4.98 Å². The molecule has 3 aromatic carbocycles. The Labute approximate surface area is 133 Å². The SMILES string of the molecule is O=C1c2ccccc2-c2c(-c3ccccc3)[nH]c3cccc1c23. The van der Waals surface area contributed by atoms with E-state index < -0.39 is 0 Å². The summed E-state index contributed by atoms with van der Waals surface area (Å²) in [6.07, 6.45) is 0. The van der Waals surface area contributed by atoms with Gasteiger partial charge in [0.15, 0.2) is 5.78 Å². The first-order valence-electron chi connectivity index (χ1n) is 7.69. The van der Waals surface area contributed by atoms with Gasteiger partial charge in [-0.05, 0) is 17.2 Å². The molecule has 0 atom stereocenters. The van der Waals surface area contributed by atoms with Crippen molar-refractivity contribution in [2.24, 2.45) is 0 Å². The smallest absolute Gasteiger partial charge is 0.194 e. The van der Waals surface area contributed by atoms with Crippen LogP contribution >= 0.6 is 0 Å². The number of ketones is 1. The van der Waals surface area contributed by atoms with Gasteiger partial charge in [-0.2, -0.15) is 0 Å². The van der Waals surface area contributed by atoms with Crippen LogP contribution in [0.3, 0.4) is 0 Å². The maximum atomic E-state index is 12.8. The second kappa shape index (κ2) is 4.43. The van der Waals surface area contributed by atoms with Crippen molar-refractivity contribution in [3.63, 3.8) is 0 Å². The molecule has 0 amide bonds. The molecule has 1 aliphatic rings. The first-order valence-corrected chi connectivity index (χ1v) is 7.69. The van der Waals surface area contributed by atoms with Gasteiger partial charge < -0.3 is 4.98 Å². The molecular formula is C21H13NO. The average Bonchev–Trinajstić information content (AvgIpc) is 3.01. The minimum atomic E-state index is 0.109. The standard InChI is InChI=1S/C21H13NO/c23-21-15-10-5-4-9-14(15)19-18-16(21)11-6-12-17(18)22-20(19)13-7-2-1-3-8-13/h1-12,22H. The Hall–Kier alpha value is -3.13. The third-order valence-electron chi connectivity index (χ3n) is 4.57. The molecule has 0 fully saturated rings. The molecule has 23 heavy (non-hydrogen) atoms. The van der Waals surface area contributed by atoms with Crippen molar-refractivity contribution < 1.29 is 4.79 Å². The van der Waals surface area contributed by atoms with E-state index in [1.54, 1.807) is 0 Å². The topological polar surface area (TPSA) is 32.9 Å². The molecule has 1 N–H and O–H groups in total. The van der Waals surface area contributed by atoms with Gasteiger partial charge in [0.1, 0.15) is 0 Å². The largest absolute Gasteiger partial charge is 0.354 e. The zero-order valence-corrected chi connectivity index (χ0v) is 12.3. The molecule has 1 heterocycles. The average molecular weight is 295 g/mol. The van der Waals surface area contributed by atoms with E-state index in [9.17, 15) is 4.79 Å². The minimum absolute atomic E-state index is 0.109. The number of benzene rings is 3. The van der Waals surface area contributed by atoms with Crippen LogP contribution < -0.4 is 0 Å². The van der Waals surface area contributed by atoms with E-state index in [4.69, 9.17) is 0 Å². The molecule has 1 aromatic heterocycles. The van der Waals surface area contributed by atoms with Crippen LogP contribution in [0.2, 0.25) is 0 Å².